The summed E-state index contributed by atoms with van der Waals surface area (Å²) in [5.74, 6) is -0.496. The van der Waals surface area contributed by atoms with E-state index in [9.17, 15) is 4.79 Å². The minimum atomic E-state index is -1.56. The average molecular weight is 298 g/mol. The van der Waals surface area contributed by atoms with Gasteiger partial charge in [-0.2, -0.15) is 0 Å². The largest absolute Gasteiger partial charge is 0.281 e. The van der Waals surface area contributed by atoms with Gasteiger partial charge >= 0.3 is 0 Å². The second-order valence-electron chi connectivity index (χ2n) is 4.07. The van der Waals surface area contributed by atoms with Crippen LogP contribution < -0.4 is 0 Å². The van der Waals surface area contributed by atoms with E-state index in [1.807, 2.05) is 13.8 Å². The van der Waals surface area contributed by atoms with Gasteiger partial charge in [-0.15, -0.1) is 11.6 Å². The maximum atomic E-state index is 11.0. The first-order valence-electron chi connectivity index (χ1n) is 4.00. The third-order valence-corrected chi connectivity index (χ3v) is 4.66. The van der Waals surface area contributed by atoms with Crippen molar-refractivity contribution in [3.8, 4) is 0 Å². The summed E-state index contributed by atoms with van der Waals surface area (Å²) < 4.78 is -1.56. The molecule has 0 radical (unpaired) electrons. The molecule has 1 saturated carbocycles. The fourth-order valence-corrected chi connectivity index (χ4v) is 3.16. The van der Waals surface area contributed by atoms with Crippen LogP contribution in [0.15, 0.2) is 0 Å². The molecule has 82 valence electrons. The molecule has 6 heteroatoms. The van der Waals surface area contributed by atoms with E-state index >= 15 is 0 Å². The summed E-state index contributed by atoms with van der Waals surface area (Å²) in [5.41, 5.74) is -0.283. The molecule has 14 heavy (non-hydrogen) atoms. The highest BCUT2D eigenvalue weighted by Gasteiger charge is 2.66. The zero-order valence-electron chi connectivity index (χ0n) is 7.53. The molecule has 1 fully saturated rings. The number of hydrogen-bond donors (Lipinski definition) is 0. The van der Waals surface area contributed by atoms with E-state index in [1.54, 1.807) is 0 Å². The van der Waals surface area contributed by atoms with Crippen LogP contribution >= 0.6 is 58.0 Å². The second kappa shape index (κ2) is 3.85. The molecular weight excluding hydrogens is 289 g/mol. The number of carbonyl (C=O) groups excluding carboxylic acids is 1. The second-order valence-corrected chi connectivity index (χ2v) is 7.28. The number of rotatable bonds is 2. The molecule has 0 N–H and O–H groups in total. The van der Waals surface area contributed by atoms with E-state index in [0.717, 1.165) is 0 Å². The molecule has 3 atom stereocenters. The Kier molecular flexibility index (Phi) is 3.63. The number of halogens is 5. The Morgan fingerprint density at radius 2 is 1.79 bits per heavy atom. The molecule has 1 rings (SSSR count). The Balaban J connectivity index is 2.79. The van der Waals surface area contributed by atoms with Crippen molar-refractivity contribution in [2.45, 2.75) is 23.0 Å². The molecule has 0 amide bonds. The first-order chi connectivity index (χ1) is 6.10. The predicted molar refractivity (Wildman–Crippen MR) is 61.6 cm³/mol. The van der Waals surface area contributed by atoms with Gasteiger partial charge < -0.3 is 0 Å². The standard InChI is InChI=1S/C8H9Cl5O/c1-7(2)3(4(7)6(10)14)5(9)8(11,12)13/h3-5H,1-2H3/t3-,4-,5?/m1/s1. The molecule has 1 nitrogen and oxygen atoms in total. The van der Waals surface area contributed by atoms with Crippen molar-refractivity contribution >= 4 is 63.2 Å². The van der Waals surface area contributed by atoms with Gasteiger partial charge in [-0.1, -0.05) is 48.7 Å². The highest BCUT2D eigenvalue weighted by Crippen LogP contribution is 2.64. The van der Waals surface area contributed by atoms with Crippen LogP contribution in [0.2, 0.25) is 0 Å². The summed E-state index contributed by atoms with van der Waals surface area (Å²) in [6.45, 7) is 3.77. The molecule has 0 bridgehead atoms. The van der Waals surface area contributed by atoms with Crippen LogP contribution in [-0.4, -0.2) is 14.4 Å². The monoisotopic (exact) mass is 296 g/mol. The molecule has 1 aliphatic carbocycles. The van der Waals surface area contributed by atoms with Crippen molar-refractivity contribution in [1.82, 2.24) is 0 Å². The van der Waals surface area contributed by atoms with Crippen LogP contribution in [0.4, 0.5) is 0 Å². The molecule has 0 aromatic heterocycles. The van der Waals surface area contributed by atoms with Gasteiger partial charge in [0.2, 0.25) is 9.03 Å². The summed E-state index contributed by atoms with van der Waals surface area (Å²) in [5, 5.41) is -1.12. The fourth-order valence-electron chi connectivity index (χ4n) is 1.86. The van der Waals surface area contributed by atoms with Crippen LogP contribution in [0, 0.1) is 17.3 Å². The summed E-state index contributed by atoms with van der Waals surface area (Å²) >= 11 is 28.4. The smallest absolute Gasteiger partial charge is 0.225 e. The molecule has 0 saturated heterocycles. The summed E-state index contributed by atoms with van der Waals surface area (Å²) in [6.07, 6.45) is 0. The first kappa shape index (κ1) is 13.2. The lowest BCUT2D eigenvalue weighted by atomic mass is 10.1. The Bertz CT molecular complexity index is 257. The fraction of sp³-hybridized carbons (Fsp3) is 0.875. The SMILES string of the molecule is CC1(C)[C@@H](C(=O)Cl)[C@@H]1C(Cl)C(Cl)(Cl)Cl. The van der Waals surface area contributed by atoms with Gasteiger partial charge in [-0.25, -0.2) is 0 Å². The maximum Gasteiger partial charge on any atom is 0.225 e. The van der Waals surface area contributed by atoms with Gasteiger partial charge in [0.15, 0.2) is 0 Å². The first-order valence-corrected chi connectivity index (χ1v) is 5.95. The van der Waals surface area contributed by atoms with Crippen molar-refractivity contribution in [1.29, 1.82) is 0 Å². The van der Waals surface area contributed by atoms with Gasteiger partial charge in [-0.05, 0) is 22.9 Å². The van der Waals surface area contributed by atoms with Gasteiger partial charge in [0.05, 0.1) is 5.38 Å². The van der Waals surface area contributed by atoms with Crippen molar-refractivity contribution in [3.05, 3.63) is 0 Å². The summed E-state index contributed by atoms with van der Waals surface area (Å²) in [7, 11) is 0. The molecule has 0 aliphatic heterocycles. The van der Waals surface area contributed by atoms with E-state index in [2.05, 4.69) is 0 Å². The van der Waals surface area contributed by atoms with E-state index in [0.29, 0.717) is 0 Å². The highest BCUT2D eigenvalue weighted by atomic mass is 35.6. The topological polar surface area (TPSA) is 17.1 Å². The Labute approximate surface area is 108 Å². The average Bonchev–Trinajstić information content (AvgIpc) is 2.49. The highest BCUT2D eigenvalue weighted by molar-refractivity contribution is 6.70. The number of alkyl halides is 4. The summed E-state index contributed by atoms with van der Waals surface area (Å²) in [4.78, 5) is 11.0. The van der Waals surface area contributed by atoms with E-state index in [1.165, 1.54) is 0 Å². The van der Waals surface area contributed by atoms with Crippen molar-refractivity contribution < 1.29 is 4.79 Å². The van der Waals surface area contributed by atoms with E-state index < -0.39 is 14.4 Å². The third kappa shape index (κ3) is 2.27. The zero-order valence-corrected chi connectivity index (χ0v) is 11.3. The minimum Gasteiger partial charge on any atom is -0.281 e. The molecule has 1 unspecified atom stereocenters. The van der Waals surface area contributed by atoms with Crippen molar-refractivity contribution in [3.63, 3.8) is 0 Å². The van der Waals surface area contributed by atoms with Gasteiger partial charge in [-0.3, -0.25) is 4.79 Å². The Hall–Kier alpha value is 1.12. The predicted octanol–water partition coefficient (Wildman–Crippen LogP) is 4.00. The van der Waals surface area contributed by atoms with Crippen LogP contribution in [0.1, 0.15) is 13.8 Å². The minimum absolute atomic E-state index is 0.179. The van der Waals surface area contributed by atoms with Crippen LogP contribution in [0.5, 0.6) is 0 Å². The zero-order chi connectivity index (χ0) is 11.3. The van der Waals surface area contributed by atoms with Crippen molar-refractivity contribution in [2.24, 2.45) is 17.3 Å². The van der Waals surface area contributed by atoms with Gasteiger partial charge in [0.25, 0.3) is 0 Å². The molecule has 0 heterocycles. The van der Waals surface area contributed by atoms with Crippen molar-refractivity contribution in [2.75, 3.05) is 0 Å². The lowest BCUT2D eigenvalue weighted by Gasteiger charge is -2.19. The number of hydrogen-bond acceptors (Lipinski definition) is 1. The Morgan fingerprint density at radius 3 is 2.00 bits per heavy atom. The number of carbonyl (C=O) groups is 1. The molecular formula is C8H9Cl5O. The maximum absolute atomic E-state index is 11.0. The van der Waals surface area contributed by atoms with Crippen LogP contribution in [0.3, 0.4) is 0 Å². The third-order valence-electron chi connectivity index (χ3n) is 2.78. The van der Waals surface area contributed by atoms with Crippen LogP contribution in [0.25, 0.3) is 0 Å². The van der Waals surface area contributed by atoms with Crippen LogP contribution in [-0.2, 0) is 4.79 Å². The van der Waals surface area contributed by atoms with E-state index in [4.69, 9.17) is 58.0 Å². The molecule has 0 spiro atoms. The lowest BCUT2D eigenvalue weighted by molar-refractivity contribution is -0.113. The molecule has 1 aliphatic rings. The summed E-state index contributed by atoms with van der Waals surface area (Å²) in [6, 6.07) is 0. The van der Waals surface area contributed by atoms with E-state index in [-0.39, 0.29) is 17.3 Å². The Morgan fingerprint density at radius 1 is 1.36 bits per heavy atom. The molecule has 0 aromatic rings. The van der Waals surface area contributed by atoms with Gasteiger partial charge in [0, 0.05) is 5.92 Å². The normalized spacial score (nSPS) is 32.5. The quantitative estimate of drug-likeness (QED) is 0.556. The molecule has 0 aromatic carbocycles. The lowest BCUT2D eigenvalue weighted by Crippen LogP contribution is -2.24. The van der Waals surface area contributed by atoms with Gasteiger partial charge in [0.1, 0.15) is 0 Å².